The van der Waals surface area contributed by atoms with Gasteiger partial charge in [-0.2, -0.15) is 0 Å². The van der Waals surface area contributed by atoms with Gasteiger partial charge in [0.05, 0.1) is 29.4 Å². The van der Waals surface area contributed by atoms with Gasteiger partial charge in [-0.15, -0.1) is 0 Å². The highest BCUT2D eigenvalue weighted by Crippen LogP contribution is 2.33. The van der Waals surface area contributed by atoms with Crippen LogP contribution in [0.4, 0.5) is 0 Å². The fourth-order valence-corrected chi connectivity index (χ4v) is 3.69. The third-order valence-corrected chi connectivity index (χ3v) is 5.00. The summed E-state index contributed by atoms with van der Waals surface area (Å²) in [4.78, 5) is 44.5. The normalized spacial score (nSPS) is 14.3. The Morgan fingerprint density at radius 3 is 2.36 bits per heavy atom. The number of para-hydroxylation sites is 1. The predicted octanol–water partition coefficient (Wildman–Crippen LogP) is 2.92. The number of aromatic nitrogens is 1. The average molecular weight is 374 g/mol. The maximum atomic E-state index is 13.3. The quantitative estimate of drug-likeness (QED) is 0.518. The lowest BCUT2D eigenvalue weighted by atomic mass is 10.0. The van der Waals surface area contributed by atoms with Gasteiger partial charge in [-0.05, 0) is 18.6 Å². The third-order valence-electron chi connectivity index (χ3n) is 5.00. The van der Waals surface area contributed by atoms with Crippen LogP contribution in [0, 0.1) is 6.92 Å². The summed E-state index contributed by atoms with van der Waals surface area (Å²) in [5.41, 5.74) is 2.49. The minimum absolute atomic E-state index is 0.184. The van der Waals surface area contributed by atoms with Gasteiger partial charge in [0, 0.05) is 11.8 Å². The molecule has 6 heteroatoms. The summed E-state index contributed by atoms with van der Waals surface area (Å²) in [6.45, 7) is 1.70. The van der Waals surface area contributed by atoms with E-state index >= 15 is 0 Å². The summed E-state index contributed by atoms with van der Waals surface area (Å²) in [6.07, 6.45) is 0.184. The smallest absolute Gasteiger partial charge is 0.329 e. The van der Waals surface area contributed by atoms with Crippen molar-refractivity contribution in [1.29, 1.82) is 0 Å². The maximum absolute atomic E-state index is 13.3. The van der Waals surface area contributed by atoms with Gasteiger partial charge < -0.3 is 4.74 Å². The molecule has 1 aliphatic heterocycles. The van der Waals surface area contributed by atoms with E-state index in [-0.39, 0.29) is 12.0 Å². The zero-order valence-corrected chi connectivity index (χ0v) is 15.5. The summed E-state index contributed by atoms with van der Waals surface area (Å²) < 4.78 is 4.91. The number of benzene rings is 2. The minimum Gasteiger partial charge on any atom is -0.467 e. The number of amides is 2. The van der Waals surface area contributed by atoms with Gasteiger partial charge in [0.2, 0.25) is 0 Å². The van der Waals surface area contributed by atoms with Crippen LogP contribution in [0.15, 0.2) is 54.6 Å². The van der Waals surface area contributed by atoms with E-state index in [4.69, 9.17) is 4.74 Å². The molecule has 0 N–H and O–H groups in total. The Balaban J connectivity index is 1.83. The molecule has 2 aromatic carbocycles. The van der Waals surface area contributed by atoms with Gasteiger partial charge in [-0.25, -0.2) is 4.79 Å². The second kappa shape index (κ2) is 6.88. The highest BCUT2D eigenvalue weighted by atomic mass is 16.5. The van der Waals surface area contributed by atoms with Crippen molar-refractivity contribution in [3.63, 3.8) is 0 Å². The Kier molecular flexibility index (Phi) is 4.39. The van der Waals surface area contributed by atoms with Gasteiger partial charge >= 0.3 is 5.97 Å². The van der Waals surface area contributed by atoms with Crippen molar-refractivity contribution in [3.8, 4) is 0 Å². The van der Waals surface area contributed by atoms with Gasteiger partial charge in [-0.3, -0.25) is 19.5 Å². The maximum Gasteiger partial charge on any atom is 0.329 e. The van der Waals surface area contributed by atoms with Gasteiger partial charge in [0.1, 0.15) is 6.04 Å². The number of carbonyl (C=O) groups is 3. The minimum atomic E-state index is -1.04. The Morgan fingerprint density at radius 1 is 1.00 bits per heavy atom. The van der Waals surface area contributed by atoms with Crippen LogP contribution in [-0.4, -0.2) is 40.8 Å². The van der Waals surface area contributed by atoms with Crippen LogP contribution in [0.5, 0.6) is 0 Å². The summed E-state index contributed by atoms with van der Waals surface area (Å²) in [5, 5.41) is 0.604. The van der Waals surface area contributed by atoms with Crippen molar-refractivity contribution >= 4 is 28.7 Å². The Labute approximate surface area is 161 Å². The van der Waals surface area contributed by atoms with Gasteiger partial charge in [-0.1, -0.05) is 48.5 Å². The number of pyridine rings is 1. The molecule has 140 valence electrons. The highest BCUT2D eigenvalue weighted by molar-refractivity contribution is 6.27. The predicted molar refractivity (Wildman–Crippen MR) is 103 cm³/mol. The number of nitrogens with zero attached hydrogens (tertiary/aromatic N) is 2. The van der Waals surface area contributed by atoms with E-state index in [0.717, 1.165) is 10.5 Å². The first-order valence-corrected chi connectivity index (χ1v) is 8.92. The van der Waals surface area contributed by atoms with Crippen LogP contribution in [-0.2, 0) is 16.0 Å². The molecule has 3 aromatic rings. The topological polar surface area (TPSA) is 76.6 Å². The molecular weight excluding hydrogens is 356 g/mol. The lowest BCUT2D eigenvalue weighted by molar-refractivity contribution is -0.145. The molecule has 0 aliphatic carbocycles. The summed E-state index contributed by atoms with van der Waals surface area (Å²) >= 11 is 0. The summed E-state index contributed by atoms with van der Waals surface area (Å²) in [5.74, 6) is -1.64. The number of fused-ring (bicyclic) bond motifs is 3. The van der Waals surface area contributed by atoms with Crippen LogP contribution in [0.2, 0.25) is 0 Å². The molecule has 0 spiro atoms. The zero-order chi connectivity index (χ0) is 19.8. The molecule has 0 fully saturated rings. The highest BCUT2D eigenvalue weighted by Gasteiger charge is 2.45. The molecule has 0 saturated heterocycles. The summed E-state index contributed by atoms with van der Waals surface area (Å²) in [6, 6.07) is 15.4. The van der Waals surface area contributed by atoms with Crippen molar-refractivity contribution < 1.29 is 19.1 Å². The van der Waals surface area contributed by atoms with Crippen LogP contribution in [0.25, 0.3) is 10.9 Å². The standard InChI is InChI=1S/C22H18N2O4/c1-13-18-19(15-10-6-7-11-16(15)23-13)21(26)24(20(18)25)17(22(27)28-2)12-14-8-4-3-5-9-14/h3-11,17H,12H2,1-2H3/t17-/m0/s1. The molecule has 1 aliphatic rings. The van der Waals surface area contributed by atoms with E-state index in [0.29, 0.717) is 22.2 Å². The lowest BCUT2D eigenvalue weighted by Gasteiger charge is -2.24. The van der Waals surface area contributed by atoms with Crippen molar-refractivity contribution in [3.05, 3.63) is 77.0 Å². The first-order chi connectivity index (χ1) is 13.5. The number of methoxy groups -OCH3 is 1. The molecule has 1 atom stereocenters. The van der Waals surface area contributed by atoms with Crippen LogP contribution < -0.4 is 0 Å². The molecule has 0 radical (unpaired) electrons. The molecule has 4 rings (SSSR count). The number of ether oxygens (including phenoxy) is 1. The number of esters is 1. The Morgan fingerprint density at radius 2 is 1.64 bits per heavy atom. The second-order valence-electron chi connectivity index (χ2n) is 6.67. The van der Waals surface area contributed by atoms with Crippen molar-refractivity contribution in [1.82, 2.24) is 9.88 Å². The van der Waals surface area contributed by atoms with Crippen molar-refractivity contribution in [2.45, 2.75) is 19.4 Å². The number of aryl methyl sites for hydroxylation is 1. The van der Waals surface area contributed by atoms with Gasteiger partial charge in [0.25, 0.3) is 11.8 Å². The number of rotatable bonds is 4. The molecule has 0 bridgehead atoms. The summed E-state index contributed by atoms with van der Waals surface area (Å²) in [7, 11) is 1.25. The van der Waals surface area contributed by atoms with Crippen molar-refractivity contribution in [2.24, 2.45) is 0 Å². The Bertz CT molecular complexity index is 1110. The molecule has 28 heavy (non-hydrogen) atoms. The molecule has 0 unspecified atom stereocenters. The van der Waals surface area contributed by atoms with E-state index in [1.165, 1.54) is 7.11 Å². The van der Waals surface area contributed by atoms with Crippen LogP contribution >= 0.6 is 0 Å². The Hall–Kier alpha value is -3.54. The third kappa shape index (κ3) is 2.74. The van der Waals surface area contributed by atoms with E-state index in [9.17, 15) is 14.4 Å². The number of imide groups is 1. The largest absolute Gasteiger partial charge is 0.467 e. The molecular formula is C22H18N2O4. The number of hydrogen-bond acceptors (Lipinski definition) is 5. The van der Waals surface area contributed by atoms with Gasteiger partial charge in [0.15, 0.2) is 0 Å². The van der Waals surface area contributed by atoms with E-state index < -0.39 is 23.8 Å². The lowest BCUT2D eigenvalue weighted by Crippen LogP contribution is -2.46. The van der Waals surface area contributed by atoms with Crippen LogP contribution in [0.1, 0.15) is 32.0 Å². The average Bonchev–Trinajstić information content (AvgIpc) is 2.98. The zero-order valence-electron chi connectivity index (χ0n) is 15.5. The molecule has 1 aromatic heterocycles. The molecule has 0 saturated carbocycles. The number of hydrogen-bond donors (Lipinski definition) is 0. The molecule has 2 amide bonds. The SMILES string of the molecule is COC(=O)[C@H](Cc1ccccc1)N1C(=O)c2c(C)nc3ccccc3c2C1=O. The first kappa shape index (κ1) is 17.9. The second-order valence-corrected chi connectivity index (χ2v) is 6.67. The first-order valence-electron chi connectivity index (χ1n) is 8.92. The monoisotopic (exact) mass is 374 g/mol. The molecule has 6 nitrogen and oxygen atoms in total. The van der Waals surface area contributed by atoms with E-state index in [1.807, 2.05) is 36.4 Å². The van der Waals surface area contributed by atoms with Crippen LogP contribution in [0.3, 0.4) is 0 Å². The van der Waals surface area contributed by atoms with Crippen molar-refractivity contribution in [2.75, 3.05) is 7.11 Å². The fourth-order valence-electron chi connectivity index (χ4n) is 3.69. The molecule has 2 heterocycles. The fraction of sp³-hybridized carbons (Fsp3) is 0.182. The number of carbonyl (C=O) groups excluding carboxylic acids is 3. The van der Waals surface area contributed by atoms with E-state index in [1.54, 1.807) is 25.1 Å². The van der Waals surface area contributed by atoms with E-state index in [2.05, 4.69) is 4.98 Å².